The van der Waals surface area contributed by atoms with Crippen LogP contribution in [0.3, 0.4) is 0 Å². The van der Waals surface area contributed by atoms with Gasteiger partial charge in [0.05, 0.1) is 35.5 Å². The zero-order valence-corrected chi connectivity index (χ0v) is 23.3. The van der Waals surface area contributed by atoms with Crippen molar-refractivity contribution in [3.05, 3.63) is 127 Å². The number of hydrogen-bond donors (Lipinski definition) is 1. The van der Waals surface area contributed by atoms with E-state index in [0.29, 0.717) is 38.6 Å². The quantitative estimate of drug-likeness (QED) is 0.313. The molecule has 1 amide bonds. The van der Waals surface area contributed by atoms with Gasteiger partial charge in [-0.3, -0.25) is 14.2 Å². The van der Waals surface area contributed by atoms with Crippen molar-refractivity contribution in [1.82, 2.24) is 9.13 Å². The van der Waals surface area contributed by atoms with E-state index in [-0.39, 0.29) is 11.5 Å². The third-order valence-electron chi connectivity index (χ3n) is 7.08. The summed E-state index contributed by atoms with van der Waals surface area (Å²) < 4.78 is 9.60. The van der Waals surface area contributed by atoms with E-state index in [4.69, 9.17) is 16.2 Å². The lowest BCUT2D eigenvalue weighted by Gasteiger charge is -2.25. The number of aromatic nitrogens is 2. The number of carbonyl (C=O) groups excluding carboxylic acids is 1. The predicted molar refractivity (Wildman–Crippen MR) is 163 cm³/mol. The topological polar surface area (TPSA) is 77.6 Å². The molecule has 202 valence electrons. The molecule has 0 saturated carbocycles. The molecule has 3 heterocycles. The van der Waals surface area contributed by atoms with Gasteiger partial charge in [0.15, 0.2) is 4.80 Å². The first-order valence-electron chi connectivity index (χ1n) is 13.0. The number of fused-ring (bicyclic) bond motifs is 2. The van der Waals surface area contributed by atoms with Crippen LogP contribution in [-0.4, -0.2) is 22.2 Å². The molecule has 0 spiro atoms. The summed E-state index contributed by atoms with van der Waals surface area (Å²) in [5.74, 6) is 3.00. The highest BCUT2D eigenvalue weighted by atomic mass is 32.1. The van der Waals surface area contributed by atoms with Gasteiger partial charge in [0.25, 0.3) is 11.5 Å². The fourth-order valence-electron chi connectivity index (χ4n) is 5.22. The summed E-state index contributed by atoms with van der Waals surface area (Å²) in [6.07, 6.45) is 9.45. The first kappa shape index (κ1) is 26.1. The molecule has 0 radical (unpaired) electrons. The molecular weight excluding hydrogens is 532 g/mol. The molecule has 7 nitrogen and oxygen atoms in total. The second-order valence-electron chi connectivity index (χ2n) is 9.61. The Morgan fingerprint density at radius 1 is 1.12 bits per heavy atom. The fourth-order valence-corrected chi connectivity index (χ4v) is 6.26. The molecule has 2 aromatic heterocycles. The number of benzene rings is 3. The summed E-state index contributed by atoms with van der Waals surface area (Å²) in [6, 6.07) is 23.9. The van der Waals surface area contributed by atoms with Gasteiger partial charge >= 0.3 is 0 Å². The van der Waals surface area contributed by atoms with Gasteiger partial charge in [0.1, 0.15) is 5.75 Å². The second-order valence-corrected chi connectivity index (χ2v) is 10.6. The Hall–Kier alpha value is -5.13. The molecule has 1 unspecified atom stereocenters. The molecule has 0 fully saturated rings. The van der Waals surface area contributed by atoms with Crippen LogP contribution < -0.4 is 24.9 Å². The number of anilines is 1. The van der Waals surface area contributed by atoms with Crippen LogP contribution in [0.1, 0.15) is 24.1 Å². The monoisotopic (exact) mass is 558 g/mol. The van der Waals surface area contributed by atoms with Gasteiger partial charge < -0.3 is 14.6 Å². The van der Waals surface area contributed by atoms with E-state index in [1.54, 1.807) is 18.6 Å². The van der Waals surface area contributed by atoms with Crippen molar-refractivity contribution in [3.63, 3.8) is 0 Å². The Bertz CT molecular complexity index is 2060. The summed E-state index contributed by atoms with van der Waals surface area (Å²) in [5.41, 5.74) is 3.99. The van der Waals surface area contributed by atoms with Crippen molar-refractivity contribution >= 4 is 39.9 Å². The fraction of sp³-hybridized carbons (Fsp3) is 0.121. The molecule has 1 atom stereocenters. The maximum Gasteiger partial charge on any atom is 0.271 e. The van der Waals surface area contributed by atoms with Crippen LogP contribution in [0.4, 0.5) is 5.69 Å². The molecule has 3 aromatic carbocycles. The Morgan fingerprint density at radius 2 is 1.90 bits per heavy atom. The van der Waals surface area contributed by atoms with Crippen molar-refractivity contribution in [2.45, 2.75) is 19.5 Å². The highest BCUT2D eigenvalue weighted by Crippen LogP contribution is 2.32. The minimum Gasteiger partial charge on any atom is -0.497 e. The Morgan fingerprint density at radius 3 is 2.68 bits per heavy atom. The van der Waals surface area contributed by atoms with E-state index in [9.17, 15) is 9.59 Å². The van der Waals surface area contributed by atoms with Crippen LogP contribution in [0, 0.1) is 12.3 Å². The van der Waals surface area contributed by atoms with E-state index in [1.807, 2.05) is 95.7 Å². The standard InChI is InChI=1S/C33H26N4O3S/c1-4-17-36-20-23(26-15-8-9-16-27(26)36)19-28-32(39)37-30(22-11-10-14-25(18-22)40-3)29(21(2)34-33(37)41-28)31(38)35-24-12-6-5-7-13-24/h1,5-16,18-20,30H,17H2,2-3H3,(H,35,38)/b28-19-. The van der Waals surface area contributed by atoms with Crippen LogP contribution >= 0.6 is 11.3 Å². The van der Waals surface area contributed by atoms with Crippen molar-refractivity contribution < 1.29 is 9.53 Å². The number of hydrogen-bond acceptors (Lipinski definition) is 5. The molecule has 1 aliphatic heterocycles. The van der Waals surface area contributed by atoms with Crippen molar-refractivity contribution in [2.24, 2.45) is 4.99 Å². The minimum absolute atomic E-state index is 0.229. The van der Waals surface area contributed by atoms with Gasteiger partial charge in [-0.15, -0.1) is 6.42 Å². The lowest BCUT2D eigenvalue weighted by molar-refractivity contribution is -0.113. The molecule has 0 saturated heterocycles. The van der Waals surface area contributed by atoms with Crippen LogP contribution in [0.2, 0.25) is 0 Å². The first-order chi connectivity index (χ1) is 20.0. The third kappa shape index (κ3) is 4.77. The normalized spacial score (nSPS) is 14.9. The minimum atomic E-state index is -0.699. The summed E-state index contributed by atoms with van der Waals surface area (Å²) in [4.78, 5) is 33.1. The SMILES string of the molecule is C#CCn1cc(/C=c2\sc3n(c2=O)C(c2cccc(OC)c2)C(C(=O)Nc2ccccc2)=C(C)N=3)c2ccccc21. The molecule has 5 aromatic rings. The van der Waals surface area contributed by atoms with Crippen LogP contribution in [0.5, 0.6) is 5.75 Å². The molecule has 0 bridgehead atoms. The van der Waals surface area contributed by atoms with Crippen molar-refractivity contribution in [3.8, 4) is 18.1 Å². The third-order valence-corrected chi connectivity index (χ3v) is 8.06. The Kier molecular flexibility index (Phi) is 6.88. The second kappa shape index (κ2) is 10.8. The number of thiazole rings is 1. The number of carbonyl (C=O) groups is 1. The molecule has 41 heavy (non-hydrogen) atoms. The Labute approximate surface area is 240 Å². The van der Waals surface area contributed by atoms with Crippen LogP contribution in [0.25, 0.3) is 17.0 Å². The lowest BCUT2D eigenvalue weighted by Crippen LogP contribution is -2.40. The number of nitrogens with zero attached hydrogens (tertiary/aromatic N) is 3. The zero-order valence-electron chi connectivity index (χ0n) is 22.5. The highest BCUT2D eigenvalue weighted by Gasteiger charge is 2.32. The number of amides is 1. The summed E-state index contributed by atoms with van der Waals surface area (Å²) >= 11 is 1.30. The van der Waals surface area contributed by atoms with Gasteiger partial charge in [-0.25, -0.2) is 4.99 Å². The van der Waals surface area contributed by atoms with Gasteiger partial charge in [-0.05, 0) is 48.9 Å². The van der Waals surface area contributed by atoms with E-state index >= 15 is 0 Å². The van der Waals surface area contributed by atoms with E-state index in [2.05, 4.69) is 11.2 Å². The predicted octanol–water partition coefficient (Wildman–Crippen LogP) is 4.47. The molecular formula is C33H26N4O3S. The van der Waals surface area contributed by atoms with Gasteiger partial charge in [-0.1, -0.05) is 65.8 Å². The van der Waals surface area contributed by atoms with Gasteiger partial charge in [0.2, 0.25) is 0 Å². The summed E-state index contributed by atoms with van der Waals surface area (Å²) in [5, 5.41) is 3.97. The number of nitrogens with one attached hydrogen (secondary N) is 1. The molecule has 6 rings (SSSR count). The first-order valence-corrected chi connectivity index (χ1v) is 13.8. The number of allylic oxidation sites excluding steroid dienone is 1. The highest BCUT2D eigenvalue weighted by molar-refractivity contribution is 7.07. The summed E-state index contributed by atoms with van der Waals surface area (Å²) in [7, 11) is 1.59. The molecule has 8 heteroatoms. The van der Waals surface area contributed by atoms with Gasteiger partial charge in [-0.2, -0.15) is 0 Å². The van der Waals surface area contributed by atoms with E-state index in [0.717, 1.165) is 22.0 Å². The van der Waals surface area contributed by atoms with E-state index < -0.39 is 6.04 Å². The average molecular weight is 559 g/mol. The number of terminal acetylenes is 1. The number of methoxy groups -OCH3 is 1. The maximum absolute atomic E-state index is 14.1. The zero-order chi connectivity index (χ0) is 28.5. The van der Waals surface area contributed by atoms with Crippen LogP contribution in [0.15, 0.2) is 106 Å². The average Bonchev–Trinajstić information content (AvgIpc) is 3.49. The van der Waals surface area contributed by atoms with Gasteiger partial charge in [0, 0.05) is 28.4 Å². The van der Waals surface area contributed by atoms with Crippen molar-refractivity contribution in [2.75, 3.05) is 12.4 Å². The number of para-hydroxylation sites is 2. The van der Waals surface area contributed by atoms with Crippen LogP contribution in [-0.2, 0) is 11.3 Å². The van der Waals surface area contributed by atoms with E-state index in [1.165, 1.54) is 11.3 Å². The maximum atomic E-state index is 14.1. The number of ether oxygens (including phenoxy) is 1. The molecule has 1 aliphatic rings. The van der Waals surface area contributed by atoms with Crippen molar-refractivity contribution in [1.29, 1.82) is 0 Å². The molecule has 0 aliphatic carbocycles. The smallest absolute Gasteiger partial charge is 0.271 e. The Balaban J connectivity index is 1.54. The lowest BCUT2D eigenvalue weighted by atomic mass is 9.95. The molecule has 1 N–H and O–H groups in total. The summed E-state index contributed by atoms with van der Waals surface area (Å²) in [6.45, 7) is 2.22. The largest absolute Gasteiger partial charge is 0.497 e. The number of rotatable bonds is 6.